The highest BCUT2D eigenvalue weighted by atomic mass is 16.6. The van der Waals surface area contributed by atoms with Gasteiger partial charge in [-0.25, -0.2) is 0 Å². The van der Waals surface area contributed by atoms with Crippen molar-refractivity contribution in [1.82, 2.24) is 0 Å². The Kier molecular flexibility index (Phi) is 4.27. The number of methoxy groups -OCH3 is 1. The van der Waals surface area contributed by atoms with Crippen LogP contribution in [0, 0.1) is 17.0 Å². The van der Waals surface area contributed by atoms with Gasteiger partial charge in [0.1, 0.15) is 0 Å². The molecule has 0 aliphatic heterocycles. The van der Waals surface area contributed by atoms with Crippen LogP contribution in [0.3, 0.4) is 0 Å². The quantitative estimate of drug-likeness (QED) is 0.651. The number of hydrogen-bond donors (Lipinski definition) is 2. The molecule has 0 bridgehead atoms. The third-order valence-corrected chi connectivity index (χ3v) is 3.23. The van der Waals surface area contributed by atoms with Crippen molar-refractivity contribution in [2.75, 3.05) is 12.4 Å². The van der Waals surface area contributed by atoms with Crippen molar-refractivity contribution in [3.63, 3.8) is 0 Å². The Morgan fingerprint density at radius 2 is 2.10 bits per heavy atom. The Hall–Kier alpha value is -2.76. The maximum absolute atomic E-state index is 10.9. The molecule has 0 spiro atoms. The second kappa shape index (κ2) is 6.13. The lowest BCUT2D eigenvalue weighted by Gasteiger charge is -2.11. The van der Waals surface area contributed by atoms with E-state index in [4.69, 9.17) is 4.74 Å². The van der Waals surface area contributed by atoms with Crippen LogP contribution < -0.4 is 10.1 Å². The molecule has 0 amide bonds. The number of nitrogens with zero attached hydrogens (tertiary/aromatic N) is 1. The van der Waals surface area contributed by atoms with Gasteiger partial charge < -0.3 is 15.2 Å². The monoisotopic (exact) mass is 288 g/mol. The summed E-state index contributed by atoms with van der Waals surface area (Å²) in [7, 11) is 1.49. The van der Waals surface area contributed by atoms with E-state index >= 15 is 0 Å². The molecule has 0 saturated carbocycles. The first-order chi connectivity index (χ1) is 10.0. The fraction of sp³-hybridized carbons (Fsp3) is 0.200. The molecule has 0 aliphatic carbocycles. The molecular formula is C15H16N2O4. The summed E-state index contributed by atoms with van der Waals surface area (Å²) < 4.78 is 4.98. The van der Waals surface area contributed by atoms with E-state index in [9.17, 15) is 15.2 Å². The zero-order valence-corrected chi connectivity index (χ0v) is 11.8. The molecule has 2 N–H and O–H groups in total. The molecule has 0 fully saturated rings. The molecule has 0 atom stereocenters. The molecule has 0 unspecified atom stereocenters. The number of phenols is 1. The fourth-order valence-corrected chi connectivity index (χ4v) is 2.06. The summed E-state index contributed by atoms with van der Waals surface area (Å²) in [5, 5.41) is 23.7. The van der Waals surface area contributed by atoms with Crippen LogP contribution in [-0.4, -0.2) is 17.1 Å². The maximum atomic E-state index is 10.9. The molecule has 21 heavy (non-hydrogen) atoms. The lowest BCUT2D eigenvalue weighted by Crippen LogP contribution is -2.03. The summed E-state index contributed by atoms with van der Waals surface area (Å²) >= 11 is 0. The van der Waals surface area contributed by atoms with Crippen LogP contribution in [0.25, 0.3) is 0 Å². The lowest BCUT2D eigenvalue weighted by atomic mass is 10.1. The third kappa shape index (κ3) is 3.22. The summed E-state index contributed by atoms with van der Waals surface area (Å²) in [4.78, 5) is 10.5. The summed E-state index contributed by atoms with van der Waals surface area (Å²) in [5.74, 6) is 0.470. The molecule has 0 aliphatic rings. The predicted molar refractivity (Wildman–Crippen MR) is 79.8 cm³/mol. The first-order valence-electron chi connectivity index (χ1n) is 6.36. The summed E-state index contributed by atoms with van der Waals surface area (Å²) in [5.41, 5.74) is 2.21. The topological polar surface area (TPSA) is 84.6 Å². The normalized spacial score (nSPS) is 10.2. The van der Waals surface area contributed by atoms with E-state index in [0.29, 0.717) is 23.5 Å². The molecule has 0 heterocycles. The van der Waals surface area contributed by atoms with Gasteiger partial charge in [0.2, 0.25) is 0 Å². The van der Waals surface area contributed by atoms with Crippen molar-refractivity contribution >= 4 is 11.4 Å². The van der Waals surface area contributed by atoms with Crippen molar-refractivity contribution in [2.45, 2.75) is 13.5 Å². The molecular weight excluding hydrogens is 272 g/mol. The Balaban J connectivity index is 2.15. The fourth-order valence-electron chi connectivity index (χ4n) is 2.06. The number of hydrogen-bond acceptors (Lipinski definition) is 5. The highest BCUT2D eigenvalue weighted by Gasteiger charge is 2.13. The number of nitro groups is 1. The zero-order chi connectivity index (χ0) is 15.4. The summed E-state index contributed by atoms with van der Waals surface area (Å²) in [6.45, 7) is 2.14. The number of benzene rings is 2. The van der Waals surface area contributed by atoms with Crippen molar-refractivity contribution in [2.24, 2.45) is 0 Å². The number of anilines is 1. The van der Waals surface area contributed by atoms with Crippen LogP contribution in [-0.2, 0) is 6.54 Å². The van der Waals surface area contributed by atoms with Crippen LogP contribution in [0.5, 0.6) is 11.5 Å². The minimum absolute atomic E-state index is 0.0626. The minimum Gasteiger partial charge on any atom is -0.504 e. The Labute approximate surface area is 122 Å². The van der Waals surface area contributed by atoms with E-state index in [-0.39, 0.29) is 11.4 Å². The number of rotatable bonds is 5. The molecule has 6 heteroatoms. The van der Waals surface area contributed by atoms with Gasteiger partial charge in [-0.15, -0.1) is 0 Å². The van der Waals surface area contributed by atoms with Crippen LogP contribution in [0.1, 0.15) is 11.1 Å². The highest BCUT2D eigenvalue weighted by molar-refractivity contribution is 5.60. The van der Waals surface area contributed by atoms with Gasteiger partial charge in [-0.05, 0) is 30.7 Å². The van der Waals surface area contributed by atoms with Gasteiger partial charge in [0.15, 0.2) is 11.5 Å². The standard InChI is InChI=1S/C15H16N2O4/c1-10-12(4-3-5-13(10)17(19)20)16-9-11-6-7-15(21-2)14(18)8-11/h3-8,16,18H,9H2,1-2H3. The van der Waals surface area contributed by atoms with Crippen LogP contribution >= 0.6 is 0 Å². The van der Waals surface area contributed by atoms with Crippen molar-refractivity contribution < 1.29 is 14.8 Å². The smallest absolute Gasteiger partial charge is 0.274 e. The molecule has 2 aromatic rings. The largest absolute Gasteiger partial charge is 0.504 e. The van der Waals surface area contributed by atoms with Gasteiger partial charge in [-0.1, -0.05) is 12.1 Å². The molecule has 0 aromatic heterocycles. The van der Waals surface area contributed by atoms with E-state index in [0.717, 1.165) is 5.56 Å². The SMILES string of the molecule is COc1ccc(CNc2cccc([N+](=O)[O-])c2C)cc1O. The Morgan fingerprint density at radius 3 is 2.71 bits per heavy atom. The molecule has 2 rings (SSSR count). The average molecular weight is 288 g/mol. The van der Waals surface area contributed by atoms with E-state index in [2.05, 4.69) is 5.32 Å². The van der Waals surface area contributed by atoms with E-state index in [1.165, 1.54) is 13.2 Å². The van der Waals surface area contributed by atoms with Gasteiger partial charge in [0.05, 0.1) is 12.0 Å². The van der Waals surface area contributed by atoms with Crippen molar-refractivity contribution in [3.05, 3.63) is 57.6 Å². The molecule has 2 aromatic carbocycles. The molecule has 0 saturated heterocycles. The summed E-state index contributed by atoms with van der Waals surface area (Å²) in [6.07, 6.45) is 0. The Bertz CT molecular complexity index is 671. The molecule has 0 radical (unpaired) electrons. The first kappa shape index (κ1) is 14.6. The summed E-state index contributed by atoms with van der Waals surface area (Å²) in [6, 6.07) is 9.98. The van der Waals surface area contributed by atoms with Crippen LogP contribution in [0.4, 0.5) is 11.4 Å². The number of nitrogens with one attached hydrogen (secondary N) is 1. The van der Waals surface area contributed by atoms with Gasteiger partial charge in [0, 0.05) is 23.9 Å². The number of phenolic OH excluding ortho intramolecular Hbond substituents is 1. The van der Waals surface area contributed by atoms with Crippen molar-refractivity contribution in [3.8, 4) is 11.5 Å². The third-order valence-electron chi connectivity index (χ3n) is 3.23. The number of nitro benzene ring substituents is 1. The number of ether oxygens (including phenoxy) is 1. The minimum atomic E-state index is -0.403. The maximum Gasteiger partial charge on any atom is 0.274 e. The highest BCUT2D eigenvalue weighted by Crippen LogP contribution is 2.28. The zero-order valence-electron chi connectivity index (χ0n) is 11.8. The first-order valence-corrected chi connectivity index (χ1v) is 6.36. The molecule has 110 valence electrons. The lowest BCUT2D eigenvalue weighted by molar-refractivity contribution is -0.385. The van der Waals surface area contributed by atoms with Crippen molar-refractivity contribution in [1.29, 1.82) is 0 Å². The van der Waals surface area contributed by atoms with Gasteiger partial charge in [0.25, 0.3) is 5.69 Å². The second-order valence-corrected chi connectivity index (χ2v) is 4.57. The van der Waals surface area contributed by atoms with Gasteiger partial charge >= 0.3 is 0 Å². The van der Waals surface area contributed by atoms with E-state index in [1.54, 1.807) is 31.2 Å². The second-order valence-electron chi connectivity index (χ2n) is 4.57. The Morgan fingerprint density at radius 1 is 1.33 bits per heavy atom. The van der Waals surface area contributed by atoms with Gasteiger partial charge in [-0.3, -0.25) is 10.1 Å². The van der Waals surface area contributed by atoms with E-state index in [1.807, 2.05) is 6.07 Å². The van der Waals surface area contributed by atoms with Crippen LogP contribution in [0.2, 0.25) is 0 Å². The average Bonchev–Trinajstić information content (AvgIpc) is 2.46. The van der Waals surface area contributed by atoms with Crippen LogP contribution in [0.15, 0.2) is 36.4 Å². The van der Waals surface area contributed by atoms with Gasteiger partial charge in [-0.2, -0.15) is 0 Å². The van der Waals surface area contributed by atoms with E-state index < -0.39 is 4.92 Å². The number of aromatic hydroxyl groups is 1. The predicted octanol–water partition coefficient (Wildman–Crippen LogP) is 3.23. The molecule has 6 nitrogen and oxygen atoms in total.